The van der Waals surface area contributed by atoms with Gasteiger partial charge in [-0.1, -0.05) is 66.6 Å². The summed E-state index contributed by atoms with van der Waals surface area (Å²) in [6.07, 6.45) is 5.97. The fraction of sp³-hybridized carbons (Fsp3) is 0.111. The minimum Gasteiger partial charge on any atom is -0.327 e. The van der Waals surface area contributed by atoms with Crippen LogP contribution in [0.1, 0.15) is 13.8 Å². The molecular formula is C27H26N2. The lowest BCUT2D eigenvalue weighted by Gasteiger charge is -2.34. The Kier molecular flexibility index (Phi) is 7.32. The minimum absolute atomic E-state index is 0.688. The highest BCUT2D eigenvalue weighted by molar-refractivity contribution is 5.65. The van der Waals surface area contributed by atoms with Crippen LogP contribution in [0.2, 0.25) is 0 Å². The molecule has 0 aliphatic heterocycles. The van der Waals surface area contributed by atoms with E-state index >= 15 is 0 Å². The molecule has 0 atom stereocenters. The Morgan fingerprint density at radius 3 is 1.72 bits per heavy atom. The van der Waals surface area contributed by atoms with Gasteiger partial charge in [-0.15, -0.1) is 5.92 Å². The third-order valence-corrected chi connectivity index (χ3v) is 4.57. The van der Waals surface area contributed by atoms with Crippen molar-refractivity contribution in [3.63, 3.8) is 0 Å². The topological polar surface area (TPSA) is 6.48 Å². The second kappa shape index (κ2) is 10.6. The molecule has 3 aromatic rings. The quantitative estimate of drug-likeness (QED) is 0.254. The Bertz CT molecular complexity index is 954. The summed E-state index contributed by atoms with van der Waals surface area (Å²) in [6, 6.07) is 31.5. The van der Waals surface area contributed by atoms with Crippen molar-refractivity contribution in [1.82, 2.24) is 0 Å². The number of anilines is 3. The van der Waals surface area contributed by atoms with E-state index in [1.165, 1.54) is 0 Å². The van der Waals surface area contributed by atoms with E-state index in [0.29, 0.717) is 6.67 Å². The fourth-order valence-electron chi connectivity index (χ4n) is 3.08. The molecule has 0 saturated carbocycles. The molecule has 0 amide bonds. The van der Waals surface area contributed by atoms with E-state index in [4.69, 9.17) is 0 Å². The molecule has 144 valence electrons. The van der Waals surface area contributed by atoms with E-state index in [0.717, 1.165) is 22.8 Å². The van der Waals surface area contributed by atoms with Gasteiger partial charge in [-0.05, 0) is 62.4 Å². The first-order chi connectivity index (χ1) is 14.3. The van der Waals surface area contributed by atoms with E-state index in [9.17, 15) is 0 Å². The number of hydrogen-bond acceptors (Lipinski definition) is 2. The van der Waals surface area contributed by atoms with E-state index in [2.05, 4.69) is 107 Å². The molecule has 0 N–H and O–H groups in total. The molecule has 0 saturated heterocycles. The first kappa shape index (κ1) is 20.0. The molecule has 29 heavy (non-hydrogen) atoms. The van der Waals surface area contributed by atoms with Gasteiger partial charge in [0.05, 0.1) is 6.67 Å². The van der Waals surface area contributed by atoms with Gasteiger partial charge in [-0.2, -0.15) is 0 Å². The van der Waals surface area contributed by atoms with Crippen LogP contribution < -0.4 is 9.80 Å². The van der Waals surface area contributed by atoms with Crippen molar-refractivity contribution in [2.75, 3.05) is 16.5 Å². The molecule has 2 heteroatoms. The Morgan fingerprint density at radius 2 is 1.24 bits per heavy atom. The summed E-state index contributed by atoms with van der Waals surface area (Å²) in [6.45, 7) is 4.66. The molecule has 0 radical (unpaired) electrons. The maximum Gasteiger partial charge on any atom is 0.0996 e. The molecular weight excluding hydrogens is 352 g/mol. The van der Waals surface area contributed by atoms with Crippen LogP contribution in [0.5, 0.6) is 0 Å². The van der Waals surface area contributed by atoms with Crippen LogP contribution in [0.4, 0.5) is 17.1 Å². The minimum atomic E-state index is 0.688. The van der Waals surface area contributed by atoms with Gasteiger partial charge in [0, 0.05) is 22.8 Å². The zero-order valence-electron chi connectivity index (χ0n) is 17.0. The number of hydrogen-bond donors (Lipinski definition) is 0. The highest BCUT2D eigenvalue weighted by Crippen LogP contribution is 2.28. The van der Waals surface area contributed by atoms with E-state index < -0.39 is 0 Å². The average Bonchev–Trinajstić information content (AvgIpc) is 2.79. The van der Waals surface area contributed by atoms with Crippen molar-refractivity contribution in [3.05, 3.63) is 115 Å². The van der Waals surface area contributed by atoms with Crippen LogP contribution in [0.25, 0.3) is 0 Å². The molecule has 0 heterocycles. The van der Waals surface area contributed by atoms with Gasteiger partial charge < -0.3 is 9.80 Å². The molecule has 0 spiro atoms. The second-order valence-corrected chi connectivity index (χ2v) is 6.57. The molecule has 0 bridgehead atoms. The molecule has 0 fully saturated rings. The molecule has 3 rings (SSSR count). The maximum absolute atomic E-state index is 2.97. The zero-order valence-corrected chi connectivity index (χ0v) is 17.0. The van der Waals surface area contributed by atoms with Gasteiger partial charge in [0.2, 0.25) is 0 Å². The van der Waals surface area contributed by atoms with Crippen molar-refractivity contribution in [3.8, 4) is 11.8 Å². The molecule has 0 aromatic heterocycles. The van der Waals surface area contributed by atoms with E-state index in [1.54, 1.807) is 0 Å². The Balaban J connectivity index is 2.00. The number of rotatable bonds is 7. The first-order valence-corrected chi connectivity index (χ1v) is 9.75. The zero-order chi connectivity index (χ0) is 20.3. The second-order valence-electron chi connectivity index (χ2n) is 6.57. The predicted molar refractivity (Wildman–Crippen MR) is 125 cm³/mol. The number of nitrogens with zero attached hydrogens (tertiary/aromatic N) is 2. The number of para-hydroxylation sites is 3. The number of allylic oxidation sites excluding steroid dienone is 4. The third-order valence-electron chi connectivity index (χ3n) is 4.57. The molecule has 0 aliphatic rings. The first-order valence-electron chi connectivity index (χ1n) is 9.75. The lowest BCUT2D eigenvalue weighted by Crippen LogP contribution is -2.34. The van der Waals surface area contributed by atoms with Gasteiger partial charge in [0.1, 0.15) is 0 Å². The van der Waals surface area contributed by atoms with Crippen molar-refractivity contribution < 1.29 is 0 Å². The summed E-state index contributed by atoms with van der Waals surface area (Å²) >= 11 is 0. The van der Waals surface area contributed by atoms with E-state index in [1.807, 2.05) is 37.3 Å². The average molecular weight is 379 g/mol. The molecule has 3 aromatic carbocycles. The summed E-state index contributed by atoms with van der Waals surface area (Å²) < 4.78 is 0. The highest BCUT2D eigenvalue weighted by Gasteiger charge is 2.15. The third kappa shape index (κ3) is 5.64. The lowest BCUT2D eigenvalue weighted by molar-refractivity contribution is 0.881. The fourth-order valence-corrected chi connectivity index (χ4v) is 3.08. The molecule has 2 nitrogen and oxygen atoms in total. The maximum atomic E-state index is 2.97. The van der Waals surface area contributed by atoms with E-state index in [-0.39, 0.29) is 0 Å². The number of benzene rings is 3. The highest BCUT2D eigenvalue weighted by atomic mass is 15.3. The SMILES string of the molecule is CC#C/C=C\C=C(/C)N(CN(c1ccccc1)c1ccccc1)c1ccccc1. The van der Waals surface area contributed by atoms with Crippen molar-refractivity contribution in [1.29, 1.82) is 0 Å². The monoisotopic (exact) mass is 378 g/mol. The summed E-state index contributed by atoms with van der Waals surface area (Å²) in [5, 5.41) is 0. The van der Waals surface area contributed by atoms with Gasteiger partial charge in [0.25, 0.3) is 0 Å². The van der Waals surface area contributed by atoms with Crippen molar-refractivity contribution in [2.24, 2.45) is 0 Å². The van der Waals surface area contributed by atoms with Crippen LogP contribution in [0.15, 0.2) is 115 Å². The van der Waals surface area contributed by atoms with Gasteiger partial charge in [-0.3, -0.25) is 0 Å². The summed E-state index contributed by atoms with van der Waals surface area (Å²) in [5.41, 5.74) is 4.59. The van der Waals surface area contributed by atoms with Crippen molar-refractivity contribution in [2.45, 2.75) is 13.8 Å². The summed E-state index contributed by atoms with van der Waals surface area (Å²) in [5.74, 6) is 5.86. The van der Waals surface area contributed by atoms with Gasteiger partial charge >= 0.3 is 0 Å². The Hall–Kier alpha value is -3.70. The van der Waals surface area contributed by atoms with Crippen LogP contribution in [0, 0.1) is 11.8 Å². The largest absolute Gasteiger partial charge is 0.327 e. The predicted octanol–water partition coefficient (Wildman–Crippen LogP) is 6.77. The smallest absolute Gasteiger partial charge is 0.0996 e. The van der Waals surface area contributed by atoms with Gasteiger partial charge in [-0.25, -0.2) is 0 Å². The summed E-state index contributed by atoms with van der Waals surface area (Å²) in [7, 11) is 0. The Labute approximate surface area is 174 Å². The van der Waals surface area contributed by atoms with Crippen LogP contribution in [0.3, 0.4) is 0 Å². The molecule has 0 unspecified atom stereocenters. The van der Waals surface area contributed by atoms with Crippen molar-refractivity contribution >= 4 is 17.1 Å². The van der Waals surface area contributed by atoms with Gasteiger partial charge in [0.15, 0.2) is 0 Å². The summed E-state index contributed by atoms with van der Waals surface area (Å²) in [4.78, 5) is 4.63. The normalized spacial score (nSPS) is 11.0. The Morgan fingerprint density at radius 1 is 0.759 bits per heavy atom. The molecule has 0 aliphatic carbocycles. The van der Waals surface area contributed by atoms with Crippen LogP contribution >= 0.6 is 0 Å². The lowest BCUT2D eigenvalue weighted by atomic mass is 10.2. The van der Waals surface area contributed by atoms with Crippen LogP contribution in [-0.4, -0.2) is 6.67 Å². The van der Waals surface area contributed by atoms with Crippen LogP contribution in [-0.2, 0) is 0 Å². The standard InChI is InChI=1S/C27H26N2/c1-3-4-5-9-16-24(2)28(25-17-10-6-11-18-25)23-29(26-19-12-7-13-20-26)27-21-14-8-15-22-27/h5-22H,23H2,1-2H3/b9-5-,24-16+.